The molecule has 0 fully saturated rings. The Labute approximate surface area is 193 Å². The summed E-state index contributed by atoms with van der Waals surface area (Å²) in [6.07, 6.45) is 0. The lowest BCUT2D eigenvalue weighted by atomic mass is 9.84. The number of amides is 1. The van der Waals surface area contributed by atoms with Crippen LogP contribution in [0.15, 0.2) is 115 Å². The molecule has 3 nitrogen and oxygen atoms in total. The molecule has 32 heavy (non-hydrogen) atoms. The minimum Gasteiger partial charge on any atom is -0.372 e. The van der Waals surface area contributed by atoms with Gasteiger partial charge >= 0.3 is 0 Å². The zero-order chi connectivity index (χ0) is 22.4. The third kappa shape index (κ3) is 4.45. The fourth-order valence-corrected chi connectivity index (χ4v) is 4.24. The third-order valence-corrected chi connectivity index (χ3v) is 5.98. The molecule has 0 bridgehead atoms. The summed E-state index contributed by atoms with van der Waals surface area (Å²) < 4.78 is 0. The van der Waals surface area contributed by atoms with E-state index in [0.717, 1.165) is 11.1 Å². The van der Waals surface area contributed by atoms with Gasteiger partial charge in [0.2, 0.25) is 0 Å². The lowest BCUT2D eigenvalue weighted by Gasteiger charge is -2.30. The highest BCUT2D eigenvalue weighted by Gasteiger charge is 2.41. The first-order valence-corrected chi connectivity index (χ1v) is 10.9. The molecule has 1 amide bonds. The van der Waals surface area contributed by atoms with Crippen LogP contribution in [0.4, 0.5) is 0 Å². The van der Waals surface area contributed by atoms with Gasteiger partial charge in [0.05, 0.1) is 0 Å². The molecule has 0 heterocycles. The molecule has 0 saturated carbocycles. The highest BCUT2D eigenvalue weighted by Crippen LogP contribution is 2.35. The summed E-state index contributed by atoms with van der Waals surface area (Å²) in [6, 6.07) is 35.8. The fraction of sp³-hybridized carbons (Fsp3) is 0.107. The number of rotatable bonds is 7. The minimum absolute atomic E-state index is 0.0624. The van der Waals surface area contributed by atoms with E-state index in [-0.39, 0.29) is 5.92 Å². The Morgan fingerprint density at radius 3 is 1.75 bits per heavy atom. The number of hydrogen-bond acceptors (Lipinski definition) is 2. The molecule has 1 unspecified atom stereocenters. The molecule has 4 heteroatoms. The van der Waals surface area contributed by atoms with E-state index < -0.39 is 11.5 Å². The number of hydrogen-bond donors (Lipinski definition) is 2. The second-order valence-electron chi connectivity index (χ2n) is 7.64. The number of halogens is 1. The summed E-state index contributed by atoms with van der Waals surface area (Å²) in [5, 5.41) is 15.1. The minimum atomic E-state index is -1.92. The van der Waals surface area contributed by atoms with E-state index in [1.807, 2.05) is 66.7 Å². The van der Waals surface area contributed by atoms with Gasteiger partial charge in [-0.2, -0.15) is 0 Å². The van der Waals surface area contributed by atoms with Gasteiger partial charge in [0.1, 0.15) is 0 Å². The Bertz CT molecular complexity index is 1130. The summed E-state index contributed by atoms with van der Waals surface area (Å²) in [4.78, 5) is 13.6. The van der Waals surface area contributed by atoms with E-state index in [2.05, 4.69) is 5.32 Å². The molecule has 0 aliphatic carbocycles. The van der Waals surface area contributed by atoms with Crippen molar-refractivity contribution >= 4 is 17.5 Å². The topological polar surface area (TPSA) is 49.3 Å². The molecule has 1 atom stereocenters. The number of carbonyl (C=O) groups is 1. The van der Waals surface area contributed by atoms with Gasteiger partial charge in [-0.1, -0.05) is 121 Å². The molecule has 4 rings (SSSR count). The summed E-state index contributed by atoms with van der Waals surface area (Å²) in [7, 11) is 0. The van der Waals surface area contributed by atoms with Crippen molar-refractivity contribution < 1.29 is 9.90 Å². The standard InChI is InChI=1S/C28H24ClNO2/c29-26-19-11-10-18-25(26)28(32,23-16-8-3-9-17-23)27(31)30-20-24(21-12-4-1-5-13-21)22-14-6-2-7-15-22/h1-19,24,32H,20H2,(H,30,31). The van der Waals surface area contributed by atoms with Crippen molar-refractivity contribution in [2.75, 3.05) is 6.54 Å². The normalized spacial score (nSPS) is 12.8. The molecular weight excluding hydrogens is 418 g/mol. The van der Waals surface area contributed by atoms with Crippen LogP contribution in [-0.4, -0.2) is 17.6 Å². The molecule has 0 aliphatic rings. The van der Waals surface area contributed by atoms with Crippen LogP contribution in [0.1, 0.15) is 28.2 Å². The first-order valence-electron chi connectivity index (χ1n) is 10.5. The SMILES string of the molecule is O=C(NCC(c1ccccc1)c1ccccc1)C(O)(c1ccccc1)c1ccccc1Cl. The number of carbonyl (C=O) groups excluding carboxylic acids is 1. The van der Waals surface area contributed by atoms with Crippen LogP contribution < -0.4 is 5.32 Å². The van der Waals surface area contributed by atoms with Gasteiger partial charge in [-0.25, -0.2) is 0 Å². The Balaban J connectivity index is 1.68. The van der Waals surface area contributed by atoms with Gasteiger partial charge in [-0.05, 0) is 22.8 Å². The largest absolute Gasteiger partial charge is 0.372 e. The van der Waals surface area contributed by atoms with Crippen molar-refractivity contribution in [2.45, 2.75) is 11.5 Å². The van der Waals surface area contributed by atoms with E-state index in [1.54, 1.807) is 48.5 Å². The Hall–Kier alpha value is -3.40. The predicted molar refractivity (Wildman–Crippen MR) is 129 cm³/mol. The van der Waals surface area contributed by atoms with Crippen molar-refractivity contribution in [3.63, 3.8) is 0 Å². The quantitative estimate of drug-likeness (QED) is 0.396. The van der Waals surface area contributed by atoms with E-state index in [0.29, 0.717) is 22.7 Å². The summed E-state index contributed by atoms with van der Waals surface area (Å²) >= 11 is 6.42. The van der Waals surface area contributed by atoms with Crippen LogP contribution in [0.2, 0.25) is 5.02 Å². The lowest BCUT2D eigenvalue weighted by Crippen LogP contribution is -2.46. The summed E-state index contributed by atoms with van der Waals surface area (Å²) in [6.45, 7) is 0.326. The van der Waals surface area contributed by atoms with Gasteiger partial charge in [-0.3, -0.25) is 4.79 Å². The molecule has 4 aromatic carbocycles. The lowest BCUT2D eigenvalue weighted by molar-refractivity contribution is -0.136. The van der Waals surface area contributed by atoms with Gasteiger partial charge in [0.15, 0.2) is 5.60 Å². The second kappa shape index (κ2) is 9.82. The van der Waals surface area contributed by atoms with Gasteiger partial charge in [-0.15, -0.1) is 0 Å². The molecular formula is C28H24ClNO2. The highest BCUT2D eigenvalue weighted by molar-refractivity contribution is 6.31. The average molecular weight is 442 g/mol. The summed E-state index contributed by atoms with van der Waals surface area (Å²) in [5.74, 6) is -0.582. The third-order valence-electron chi connectivity index (χ3n) is 5.65. The molecule has 0 spiro atoms. The Morgan fingerprint density at radius 1 is 0.750 bits per heavy atom. The molecule has 0 radical (unpaired) electrons. The van der Waals surface area contributed by atoms with Crippen molar-refractivity contribution in [2.24, 2.45) is 0 Å². The maximum atomic E-state index is 13.6. The molecule has 160 valence electrons. The predicted octanol–water partition coefficient (Wildman–Crippen LogP) is 5.52. The van der Waals surface area contributed by atoms with Crippen LogP contribution in [0.25, 0.3) is 0 Å². The smallest absolute Gasteiger partial charge is 0.261 e. The van der Waals surface area contributed by atoms with Gasteiger partial charge in [0.25, 0.3) is 5.91 Å². The van der Waals surface area contributed by atoms with E-state index in [9.17, 15) is 9.90 Å². The molecule has 2 N–H and O–H groups in total. The maximum absolute atomic E-state index is 13.6. The second-order valence-corrected chi connectivity index (χ2v) is 8.05. The van der Waals surface area contributed by atoms with Crippen LogP contribution in [0, 0.1) is 0 Å². The van der Waals surface area contributed by atoms with Crippen molar-refractivity contribution in [3.8, 4) is 0 Å². The Kier molecular flexibility index (Phi) is 6.69. The van der Waals surface area contributed by atoms with Crippen LogP contribution >= 0.6 is 11.6 Å². The Morgan fingerprint density at radius 2 is 1.22 bits per heavy atom. The monoisotopic (exact) mass is 441 g/mol. The molecule has 0 aliphatic heterocycles. The first-order chi connectivity index (χ1) is 15.6. The van der Waals surface area contributed by atoms with Crippen LogP contribution in [0.3, 0.4) is 0 Å². The maximum Gasteiger partial charge on any atom is 0.261 e. The van der Waals surface area contributed by atoms with Crippen molar-refractivity contribution in [1.29, 1.82) is 0 Å². The first kappa shape index (κ1) is 21.8. The highest BCUT2D eigenvalue weighted by atomic mass is 35.5. The van der Waals surface area contributed by atoms with Crippen LogP contribution in [-0.2, 0) is 10.4 Å². The molecule has 4 aromatic rings. The van der Waals surface area contributed by atoms with E-state index in [4.69, 9.17) is 11.6 Å². The number of benzene rings is 4. The number of nitrogens with one attached hydrogen (secondary N) is 1. The zero-order valence-corrected chi connectivity index (χ0v) is 18.2. The van der Waals surface area contributed by atoms with Crippen molar-refractivity contribution in [3.05, 3.63) is 143 Å². The summed E-state index contributed by atoms with van der Waals surface area (Å²) in [5.41, 5.74) is 1.06. The fourth-order valence-electron chi connectivity index (χ4n) is 3.96. The van der Waals surface area contributed by atoms with Crippen molar-refractivity contribution in [1.82, 2.24) is 5.32 Å². The van der Waals surface area contributed by atoms with Gasteiger partial charge < -0.3 is 10.4 Å². The molecule has 0 saturated heterocycles. The number of aliphatic hydroxyl groups is 1. The molecule has 0 aromatic heterocycles. The van der Waals surface area contributed by atoms with Gasteiger partial charge in [0, 0.05) is 23.0 Å². The van der Waals surface area contributed by atoms with E-state index in [1.165, 1.54) is 0 Å². The van der Waals surface area contributed by atoms with Crippen LogP contribution in [0.5, 0.6) is 0 Å². The van der Waals surface area contributed by atoms with E-state index >= 15 is 0 Å². The average Bonchev–Trinajstić information content (AvgIpc) is 2.86. The zero-order valence-electron chi connectivity index (χ0n) is 17.5.